The van der Waals surface area contributed by atoms with Gasteiger partial charge in [-0.1, -0.05) is 0 Å². The fourth-order valence-corrected chi connectivity index (χ4v) is 2.43. The Balaban J connectivity index is 2.48. The lowest BCUT2D eigenvalue weighted by Gasteiger charge is -2.37. The second kappa shape index (κ2) is 8.36. The maximum Gasteiger partial charge on any atom is 0.410 e. The Kier molecular flexibility index (Phi) is 7.13. The molecule has 1 fully saturated rings. The highest BCUT2D eigenvalue weighted by atomic mass is 16.6. The molecule has 1 rings (SSSR count). The number of nitrogens with one attached hydrogen (secondary N) is 1. The average Bonchev–Trinajstić information content (AvgIpc) is 2.44. The van der Waals surface area contributed by atoms with Gasteiger partial charge in [-0.25, -0.2) is 4.79 Å². The van der Waals surface area contributed by atoms with Gasteiger partial charge in [0.2, 0.25) is 5.91 Å². The molecule has 1 saturated heterocycles. The highest BCUT2D eigenvalue weighted by Gasteiger charge is 2.30. The van der Waals surface area contributed by atoms with Gasteiger partial charge in [-0.2, -0.15) is 0 Å². The van der Waals surface area contributed by atoms with Crippen LogP contribution in [0.3, 0.4) is 0 Å². The van der Waals surface area contributed by atoms with Crippen molar-refractivity contribution in [2.24, 2.45) is 0 Å². The lowest BCUT2D eigenvalue weighted by Crippen LogP contribution is -2.51. The SMILES string of the molecule is CCN(C)C(=O)CNCC1CCCCN1C(=O)OC(C)(C)C. The van der Waals surface area contributed by atoms with Crippen LogP contribution < -0.4 is 5.32 Å². The van der Waals surface area contributed by atoms with Crippen molar-refractivity contribution in [3.05, 3.63) is 0 Å². The topological polar surface area (TPSA) is 61.9 Å². The van der Waals surface area contributed by atoms with Crippen molar-refractivity contribution in [2.75, 3.05) is 33.2 Å². The molecule has 128 valence electrons. The van der Waals surface area contributed by atoms with Crippen LogP contribution in [0.1, 0.15) is 47.0 Å². The molecule has 22 heavy (non-hydrogen) atoms. The molecule has 0 aliphatic carbocycles. The molecule has 1 atom stereocenters. The van der Waals surface area contributed by atoms with Crippen molar-refractivity contribution in [2.45, 2.75) is 58.6 Å². The molecule has 0 radical (unpaired) electrons. The van der Waals surface area contributed by atoms with E-state index in [1.165, 1.54) is 0 Å². The van der Waals surface area contributed by atoms with E-state index in [9.17, 15) is 9.59 Å². The van der Waals surface area contributed by atoms with Gasteiger partial charge in [-0.3, -0.25) is 4.79 Å². The van der Waals surface area contributed by atoms with Gasteiger partial charge in [-0.05, 0) is 47.0 Å². The van der Waals surface area contributed by atoms with E-state index in [4.69, 9.17) is 4.74 Å². The highest BCUT2D eigenvalue weighted by Crippen LogP contribution is 2.19. The molecule has 1 unspecified atom stereocenters. The molecule has 0 aromatic carbocycles. The molecule has 0 aromatic rings. The van der Waals surface area contributed by atoms with Crippen molar-refractivity contribution in [3.8, 4) is 0 Å². The predicted molar refractivity (Wildman–Crippen MR) is 86.8 cm³/mol. The van der Waals surface area contributed by atoms with Crippen molar-refractivity contribution in [1.82, 2.24) is 15.1 Å². The molecule has 1 heterocycles. The summed E-state index contributed by atoms with van der Waals surface area (Å²) in [4.78, 5) is 27.5. The van der Waals surface area contributed by atoms with Crippen LogP contribution in [-0.4, -0.2) is 66.7 Å². The fraction of sp³-hybridized carbons (Fsp3) is 0.875. The van der Waals surface area contributed by atoms with Crippen molar-refractivity contribution < 1.29 is 14.3 Å². The van der Waals surface area contributed by atoms with Gasteiger partial charge >= 0.3 is 6.09 Å². The third-order valence-corrected chi connectivity index (χ3v) is 3.81. The Morgan fingerprint density at radius 2 is 2.00 bits per heavy atom. The zero-order chi connectivity index (χ0) is 16.8. The minimum atomic E-state index is -0.480. The Morgan fingerprint density at radius 3 is 2.59 bits per heavy atom. The number of likely N-dealkylation sites (N-methyl/N-ethyl adjacent to an activating group) is 1. The minimum Gasteiger partial charge on any atom is -0.444 e. The van der Waals surface area contributed by atoms with E-state index < -0.39 is 5.60 Å². The summed E-state index contributed by atoms with van der Waals surface area (Å²) < 4.78 is 5.47. The van der Waals surface area contributed by atoms with Crippen LogP contribution in [0.5, 0.6) is 0 Å². The molecule has 1 aliphatic rings. The maximum atomic E-state index is 12.3. The van der Waals surface area contributed by atoms with Gasteiger partial charge in [0.15, 0.2) is 0 Å². The first-order chi connectivity index (χ1) is 10.2. The van der Waals surface area contributed by atoms with E-state index in [2.05, 4.69) is 5.32 Å². The summed E-state index contributed by atoms with van der Waals surface area (Å²) in [5.41, 5.74) is -0.480. The summed E-state index contributed by atoms with van der Waals surface area (Å²) in [6.45, 7) is 9.94. The smallest absolute Gasteiger partial charge is 0.410 e. The fourth-order valence-electron chi connectivity index (χ4n) is 2.43. The number of piperidine rings is 1. The highest BCUT2D eigenvalue weighted by molar-refractivity contribution is 5.77. The normalized spacial score (nSPS) is 19.0. The minimum absolute atomic E-state index is 0.0714. The molecule has 1 aliphatic heterocycles. The van der Waals surface area contributed by atoms with Crippen LogP contribution in [0.4, 0.5) is 4.79 Å². The van der Waals surface area contributed by atoms with Crippen molar-refractivity contribution in [1.29, 1.82) is 0 Å². The van der Waals surface area contributed by atoms with E-state index >= 15 is 0 Å². The third-order valence-electron chi connectivity index (χ3n) is 3.81. The van der Waals surface area contributed by atoms with Gasteiger partial charge in [0, 0.05) is 32.7 Å². The molecule has 0 aromatic heterocycles. The van der Waals surface area contributed by atoms with Crippen LogP contribution in [0.2, 0.25) is 0 Å². The summed E-state index contributed by atoms with van der Waals surface area (Å²) in [7, 11) is 1.79. The number of hydrogen-bond acceptors (Lipinski definition) is 4. The largest absolute Gasteiger partial charge is 0.444 e. The summed E-state index contributed by atoms with van der Waals surface area (Å²) in [6, 6.07) is 0.100. The zero-order valence-corrected chi connectivity index (χ0v) is 14.6. The van der Waals surface area contributed by atoms with Crippen LogP contribution >= 0.6 is 0 Å². The monoisotopic (exact) mass is 313 g/mol. The lowest BCUT2D eigenvalue weighted by molar-refractivity contribution is -0.128. The summed E-state index contributed by atoms with van der Waals surface area (Å²) in [5.74, 6) is 0.0714. The zero-order valence-electron chi connectivity index (χ0n) is 14.6. The van der Waals surface area contributed by atoms with Crippen LogP contribution in [0.25, 0.3) is 0 Å². The van der Waals surface area contributed by atoms with Gasteiger partial charge in [0.1, 0.15) is 5.60 Å². The number of rotatable bonds is 5. The quantitative estimate of drug-likeness (QED) is 0.841. The van der Waals surface area contributed by atoms with Crippen LogP contribution in [0, 0.1) is 0 Å². The number of likely N-dealkylation sites (tertiary alicyclic amines) is 1. The number of nitrogens with zero attached hydrogens (tertiary/aromatic N) is 2. The molecule has 0 saturated carbocycles. The maximum absolute atomic E-state index is 12.3. The van der Waals surface area contributed by atoms with Gasteiger partial charge in [0.05, 0.1) is 6.54 Å². The molecular weight excluding hydrogens is 282 g/mol. The number of carbonyl (C=O) groups excluding carboxylic acids is 2. The average molecular weight is 313 g/mol. The molecule has 6 nitrogen and oxygen atoms in total. The Labute approximate surface area is 134 Å². The second-order valence-corrected chi connectivity index (χ2v) is 6.86. The molecule has 6 heteroatoms. The summed E-state index contributed by atoms with van der Waals surface area (Å²) in [5, 5.41) is 3.18. The van der Waals surface area contributed by atoms with Crippen LogP contribution in [-0.2, 0) is 9.53 Å². The molecule has 1 N–H and O–H groups in total. The first-order valence-corrected chi connectivity index (χ1v) is 8.19. The molecular formula is C16H31N3O3. The van der Waals surface area contributed by atoms with Crippen LogP contribution in [0.15, 0.2) is 0 Å². The van der Waals surface area contributed by atoms with E-state index in [0.29, 0.717) is 19.6 Å². The molecule has 2 amide bonds. The predicted octanol–water partition coefficient (Wildman–Crippen LogP) is 1.84. The van der Waals surface area contributed by atoms with Gasteiger partial charge in [-0.15, -0.1) is 0 Å². The van der Waals surface area contributed by atoms with E-state index in [-0.39, 0.29) is 18.0 Å². The number of hydrogen-bond donors (Lipinski definition) is 1. The Bertz CT molecular complexity index is 379. The lowest BCUT2D eigenvalue weighted by atomic mass is 10.0. The molecule has 0 spiro atoms. The van der Waals surface area contributed by atoms with Crippen molar-refractivity contribution >= 4 is 12.0 Å². The second-order valence-electron chi connectivity index (χ2n) is 6.86. The number of ether oxygens (including phenoxy) is 1. The summed E-state index contributed by atoms with van der Waals surface area (Å²) in [6.07, 6.45) is 2.81. The summed E-state index contributed by atoms with van der Waals surface area (Å²) >= 11 is 0. The van der Waals surface area contributed by atoms with E-state index in [1.807, 2.05) is 27.7 Å². The van der Waals surface area contributed by atoms with Gasteiger partial charge < -0.3 is 19.9 Å². The Hall–Kier alpha value is -1.30. The molecule has 0 bridgehead atoms. The third kappa shape index (κ3) is 6.22. The first kappa shape index (κ1) is 18.7. The van der Waals surface area contributed by atoms with E-state index in [0.717, 1.165) is 25.8 Å². The van der Waals surface area contributed by atoms with E-state index in [1.54, 1.807) is 16.8 Å². The van der Waals surface area contributed by atoms with Gasteiger partial charge in [0.25, 0.3) is 0 Å². The Morgan fingerprint density at radius 1 is 1.32 bits per heavy atom. The standard InChI is InChI=1S/C16H31N3O3/c1-6-18(5)14(20)12-17-11-13-9-7-8-10-19(13)15(21)22-16(2,3)4/h13,17H,6-12H2,1-5H3. The van der Waals surface area contributed by atoms with Crippen molar-refractivity contribution in [3.63, 3.8) is 0 Å². The number of carbonyl (C=O) groups is 2. The number of amides is 2. The first-order valence-electron chi connectivity index (χ1n) is 8.19.